The number of hydrogen-bond acceptors (Lipinski definition) is 2. The minimum absolute atomic E-state index is 0.0378. The molecule has 1 aromatic rings. The molecule has 3 nitrogen and oxygen atoms in total. The van der Waals surface area contributed by atoms with Crippen molar-refractivity contribution in [3.05, 3.63) is 33.3 Å². The molecule has 1 aromatic carbocycles. The van der Waals surface area contributed by atoms with Gasteiger partial charge in [-0.2, -0.15) is 0 Å². The summed E-state index contributed by atoms with van der Waals surface area (Å²) >= 11 is 11.3. The van der Waals surface area contributed by atoms with Crippen molar-refractivity contribution >= 4 is 29.2 Å². The van der Waals surface area contributed by atoms with Crippen LogP contribution in [-0.4, -0.2) is 20.1 Å². The van der Waals surface area contributed by atoms with Gasteiger partial charge in [-0.25, -0.2) is 0 Å². The van der Waals surface area contributed by atoms with E-state index in [1.54, 1.807) is 13.0 Å². The van der Waals surface area contributed by atoms with Crippen LogP contribution in [0.1, 0.15) is 15.9 Å². The Labute approximate surface area is 99.0 Å². The van der Waals surface area contributed by atoms with Crippen LogP contribution in [0, 0.1) is 6.92 Å². The van der Waals surface area contributed by atoms with Gasteiger partial charge >= 0.3 is 0 Å². The van der Waals surface area contributed by atoms with Crippen LogP contribution in [0.3, 0.4) is 0 Å². The van der Waals surface area contributed by atoms with E-state index in [2.05, 4.69) is 0 Å². The van der Waals surface area contributed by atoms with Gasteiger partial charge in [-0.3, -0.25) is 0 Å². The predicted octanol–water partition coefficient (Wildman–Crippen LogP) is 0.475. The molecule has 15 heavy (non-hydrogen) atoms. The Balaban J connectivity index is 0.000000583. The molecular weight excluding hydrogens is 237 g/mol. The Hall–Kier alpha value is -0.770. The Kier molecular flexibility index (Phi) is 6.32. The van der Waals surface area contributed by atoms with E-state index in [9.17, 15) is 9.90 Å². The Morgan fingerprint density at radius 3 is 2.00 bits per heavy atom. The normalized spacial score (nSPS) is 9.13. The van der Waals surface area contributed by atoms with Gasteiger partial charge in [0.1, 0.15) is 0 Å². The summed E-state index contributed by atoms with van der Waals surface area (Å²) in [5.74, 6) is -1.31. The number of benzene rings is 1. The first-order chi connectivity index (χ1) is 6.95. The molecule has 2 N–H and O–H groups in total. The molecule has 5 heteroatoms. The molecule has 0 saturated heterocycles. The molecule has 0 amide bonds. The van der Waals surface area contributed by atoms with E-state index >= 15 is 0 Å². The lowest BCUT2D eigenvalue weighted by Gasteiger charge is -2.09. The van der Waals surface area contributed by atoms with Crippen molar-refractivity contribution < 1.29 is 15.2 Å². The number of carbonyl (C=O) groups is 1. The molecule has 0 bridgehead atoms. The lowest BCUT2D eigenvalue weighted by Crippen LogP contribution is -2.74. The molecule has 0 unspecified atom stereocenters. The fourth-order valence-corrected chi connectivity index (χ4v) is 1.34. The van der Waals surface area contributed by atoms with Crippen LogP contribution in [0.4, 0.5) is 0 Å². The van der Waals surface area contributed by atoms with Crippen LogP contribution < -0.4 is 10.4 Å². The van der Waals surface area contributed by atoms with E-state index in [1.165, 1.54) is 6.07 Å². The third-order valence-electron chi connectivity index (χ3n) is 1.55. The lowest BCUT2D eigenvalue weighted by molar-refractivity contribution is -0.597. The number of rotatable bonds is 1. The van der Waals surface area contributed by atoms with Crippen LogP contribution in [0.2, 0.25) is 10.0 Å². The number of carboxylic acids is 1. The van der Waals surface area contributed by atoms with Gasteiger partial charge in [0.05, 0.1) is 20.1 Å². The topological polar surface area (TPSA) is 56.7 Å². The highest BCUT2D eigenvalue weighted by Crippen LogP contribution is 2.25. The van der Waals surface area contributed by atoms with Gasteiger partial charge in [-0.15, -0.1) is 0 Å². The summed E-state index contributed by atoms with van der Waals surface area (Å²) in [6, 6.07) is 2.98. The molecule has 0 aliphatic carbocycles. The number of hydrogen-bond donors (Lipinski definition) is 1. The number of carboxylic acid groups (broad SMARTS) is 1. The van der Waals surface area contributed by atoms with E-state index in [-0.39, 0.29) is 10.6 Å². The molecule has 0 saturated carbocycles. The Morgan fingerprint density at radius 1 is 1.27 bits per heavy atom. The highest BCUT2D eigenvalue weighted by molar-refractivity contribution is 6.36. The average molecular weight is 250 g/mol. The zero-order valence-corrected chi connectivity index (χ0v) is 10.3. The molecule has 0 radical (unpaired) electrons. The van der Waals surface area contributed by atoms with Gasteiger partial charge < -0.3 is 15.2 Å². The van der Waals surface area contributed by atoms with Crippen molar-refractivity contribution in [1.29, 1.82) is 0 Å². The average Bonchev–Trinajstić information content (AvgIpc) is 2.13. The fourth-order valence-electron chi connectivity index (χ4n) is 0.904. The Morgan fingerprint density at radius 2 is 1.67 bits per heavy atom. The van der Waals surface area contributed by atoms with E-state index in [0.717, 1.165) is 0 Å². The summed E-state index contributed by atoms with van der Waals surface area (Å²) in [5.41, 5.74) is 0.397. The molecule has 84 valence electrons. The van der Waals surface area contributed by atoms with Gasteiger partial charge in [-0.05, 0) is 24.6 Å². The molecule has 0 heterocycles. The fraction of sp³-hybridized carbons (Fsp3) is 0.300. The number of quaternary nitrogens is 1. The molecule has 0 aliphatic heterocycles. The first-order valence-electron chi connectivity index (χ1n) is 4.35. The van der Waals surface area contributed by atoms with Crippen molar-refractivity contribution in [1.82, 2.24) is 0 Å². The van der Waals surface area contributed by atoms with Crippen molar-refractivity contribution in [3.8, 4) is 0 Å². The van der Waals surface area contributed by atoms with Crippen LogP contribution >= 0.6 is 23.2 Å². The van der Waals surface area contributed by atoms with Gasteiger partial charge in [-0.1, -0.05) is 23.2 Å². The number of aromatic carboxylic acids is 1. The highest BCUT2D eigenvalue weighted by Gasteiger charge is 2.07. The van der Waals surface area contributed by atoms with Crippen molar-refractivity contribution in [3.63, 3.8) is 0 Å². The van der Waals surface area contributed by atoms with Gasteiger partial charge in [0, 0.05) is 15.6 Å². The van der Waals surface area contributed by atoms with E-state index in [1.807, 2.05) is 19.4 Å². The maximum atomic E-state index is 10.5. The van der Waals surface area contributed by atoms with Crippen molar-refractivity contribution in [2.24, 2.45) is 0 Å². The smallest absolute Gasteiger partial charge is 0.0733 e. The van der Waals surface area contributed by atoms with Crippen LogP contribution in [0.5, 0.6) is 0 Å². The number of nitrogens with two attached hydrogens (primary N) is 1. The molecule has 0 spiro atoms. The summed E-state index contributed by atoms with van der Waals surface area (Å²) in [6.07, 6.45) is 0. The standard InChI is InChI=1S/C8H6Cl2O2.C2H7N/c1-4-5(9)2-3-6(10)7(4)8(11)12;1-3-2/h2-3H,1H3,(H,11,12);3H,1-2H3. The lowest BCUT2D eigenvalue weighted by atomic mass is 10.1. The van der Waals surface area contributed by atoms with E-state index < -0.39 is 5.97 Å². The summed E-state index contributed by atoms with van der Waals surface area (Å²) in [6.45, 7) is 1.58. The molecular formula is C10H13Cl2NO2. The zero-order chi connectivity index (χ0) is 12.0. The van der Waals surface area contributed by atoms with Gasteiger partial charge in [0.15, 0.2) is 0 Å². The quantitative estimate of drug-likeness (QED) is 0.787. The zero-order valence-electron chi connectivity index (χ0n) is 8.80. The van der Waals surface area contributed by atoms with E-state index in [4.69, 9.17) is 23.2 Å². The Bertz CT molecular complexity index is 354. The van der Waals surface area contributed by atoms with Crippen LogP contribution in [0.15, 0.2) is 12.1 Å². The highest BCUT2D eigenvalue weighted by atomic mass is 35.5. The molecule has 0 fully saturated rings. The summed E-state index contributed by atoms with van der Waals surface area (Å²) < 4.78 is 0. The number of carbonyl (C=O) groups excluding carboxylic acids is 1. The summed E-state index contributed by atoms with van der Waals surface area (Å²) in [4.78, 5) is 10.5. The molecule has 0 aromatic heterocycles. The van der Waals surface area contributed by atoms with Gasteiger partial charge in [0.2, 0.25) is 0 Å². The van der Waals surface area contributed by atoms with Crippen molar-refractivity contribution in [2.45, 2.75) is 6.92 Å². The minimum atomic E-state index is -1.31. The third kappa shape index (κ3) is 4.08. The van der Waals surface area contributed by atoms with Gasteiger partial charge in [0.25, 0.3) is 0 Å². The second-order valence-electron chi connectivity index (χ2n) is 2.89. The van der Waals surface area contributed by atoms with Crippen molar-refractivity contribution in [2.75, 3.05) is 14.1 Å². The minimum Gasteiger partial charge on any atom is -0.545 e. The first kappa shape index (κ1) is 14.2. The first-order valence-corrected chi connectivity index (χ1v) is 5.11. The second kappa shape index (κ2) is 6.67. The van der Waals surface area contributed by atoms with Crippen LogP contribution in [-0.2, 0) is 0 Å². The molecule has 0 aliphatic rings. The maximum Gasteiger partial charge on any atom is 0.0733 e. The SMILES string of the molecule is C[NH2+]C.Cc1c(Cl)ccc(Cl)c1C(=O)[O-]. The molecule has 1 rings (SSSR count). The second-order valence-corrected chi connectivity index (χ2v) is 3.71. The number of halogens is 2. The van der Waals surface area contributed by atoms with E-state index in [0.29, 0.717) is 10.6 Å². The summed E-state index contributed by atoms with van der Waals surface area (Å²) in [5, 5.41) is 13.1. The third-order valence-corrected chi connectivity index (χ3v) is 2.28. The monoisotopic (exact) mass is 249 g/mol. The van der Waals surface area contributed by atoms with Crippen LogP contribution in [0.25, 0.3) is 0 Å². The predicted molar refractivity (Wildman–Crippen MR) is 59.3 cm³/mol. The largest absolute Gasteiger partial charge is 0.545 e. The molecule has 0 atom stereocenters. The summed E-state index contributed by atoms with van der Waals surface area (Å²) in [7, 11) is 4.00. The maximum absolute atomic E-state index is 10.5.